The molecule has 126 valence electrons. The zero-order valence-electron chi connectivity index (χ0n) is 14.9. The maximum absolute atomic E-state index is 12.3. The average Bonchev–Trinajstić information content (AvgIpc) is 2.37. The lowest BCUT2D eigenvalue weighted by molar-refractivity contribution is -0.151. The van der Waals surface area contributed by atoms with Gasteiger partial charge in [-0.15, -0.1) is 0 Å². The molecule has 5 nitrogen and oxygen atoms in total. The molecule has 1 unspecified atom stereocenters. The Morgan fingerprint density at radius 1 is 1.24 bits per heavy atom. The Balaban J connectivity index is 4.75. The van der Waals surface area contributed by atoms with E-state index < -0.39 is 5.54 Å². The van der Waals surface area contributed by atoms with Crippen LogP contribution in [-0.4, -0.2) is 61.9 Å². The second-order valence-electron chi connectivity index (χ2n) is 6.22. The maximum Gasteiger partial charge on any atom is 0.326 e. The third-order valence-electron chi connectivity index (χ3n) is 3.55. The van der Waals surface area contributed by atoms with Gasteiger partial charge in [-0.1, -0.05) is 0 Å². The Hall–Kier alpha value is -0.650. The van der Waals surface area contributed by atoms with Gasteiger partial charge in [0.1, 0.15) is 5.54 Å². The molecule has 0 aliphatic rings. The first-order valence-corrected chi connectivity index (χ1v) is 7.94. The molecule has 0 heterocycles. The molecule has 5 heteroatoms. The predicted molar refractivity (Wildman–Crippen MR) is 86.5 cm³/mol. The fourth-order valence-corrected chi connectivity index (χ4v) is 2.36. The monoisotopic (exact) mass is 302 g/mol. The molecule has 1 N–H and O–H groups in total. The number of ether oxygens (including phenoxy) is 2. The molecule has 0 saturated heterocycles. The first-order chi connectivity index (χ1) is 9.76. The highest BCUT2D eigenvalue weighted by Gasteiger charge is 2.35. The molecule has 0 amide bonds. The SMILES string of the molecule is CCOC(=O)C(C)(CCN(CCOC)C(C)C)NC(C)C. The zero-order valence-corrected chi connectivity index (χ0v) is 14.9. The summed E-state index contributed by atoms with van der Waals surface area (Å²) in [6.07, 6.45) is 0.714. The van der Waals surface area contributed by atoms with Gasteiger partial charge < -0.3 is 9.47 Å². The van der Waals surface area contributed by atoms with E-state index in [4.69, 9.17) is 9.47 Å². The minimum atomic E-state index is -0.648. The van der Waals surface area contributed by atoms with Crippen LogP contribution in [0.5, 0.6) is 0 Å². The van der Waals surface area contributed by atoms with Crippen molar-refractivity contribution in [1.29, 1.82) is 0 Å². The van der Waals surface area contributed by atoms with E-state index in [-0.39, 0.29) is 12.0 Å². The summed E-state index contributed by atoms with van der Waals surface area (Å²) < 4.78 is 10.4. The molecule has 0 bridgehead atoms. The van der Waals surface area contributed by atoms with Crippen LogP contribution in [0, 0.1) is 0 Å². The van der Waals surface area contributed by atoms with Crippen molar-refractivity contribution >= 4 is 5.97 Å². The fraction of sp³-hybridized carbons (Fsp3) is 0.938. The van der Waals surface area contributed by atoms with E-state index in [9.17, 15) is 4.79 Å². The van der Waals surface area contributed by atoms with E-state index in [1.165, 1.54) is 0 Å². The number of carbonyl (C=O) groups excluding carboxylic acids is 1. The lowest BCUT2D eigenvalue weighted by Crippen LogP contribution is -2.55. The van der Waals surface area contributed by atoms with E-state index in [0.717, 1.165) is 13.1 Å². The molecule has 0 fully saturated rings. The second-order valence-corrected chi connectivity index (χ2v) is 6.22. The Morgan fingerprint density at radius 2 is 1.86 bits per heavy atom. The largest absolute Gasteiger partial charge is 0.465 e. The van der Waals surface area contributed by atoms with Crippen LogP contribution in [0.3, 0.4) is 0 Å². The predicted octanol–water partition coefficient (Wildman–Crippen LogP) is 2.05. The summed E-state index contributed by atoms with van der Waals surface area (Å²) in [7, 11) is 1.71. The molecule has 1 atom stereocenters. The van der Waals surface area contributed by atoms with Crippen LogP contribution in [0.15, 0.2) is 0 Å². The molecule has 0 spiro atoms. The summed E-state index contributed by atoms with van der Waals surface area (Å²) in [5.74, 6) is -0.172. The summed E-state index contributed by atoms with van der Waals surface area (Å²) in [4.78, 5) is 14.6. The number of carbonyl (C=O) groups is 1. The van der Waals surface area contributed by atoms with Crippen molar-refractivity contribution in [2.45, 2.75) is 65.6 Å². The number of methoxy groups -OCH3 is 1. The molecule has 0 rings (SSSR count). The van der Waals surface area contributed by atoms with Gasteiger partial charge >= 0.3 is 5.97 Å². The third kappa shape index (κ3) is 7.79. The molecular weight excluding hydrogens is 268 g/mol. The first kappa shape index (κ1) is 20.3. The van der Waals surface area contributed by atoms with E-state index in [0.29, 0.717) is 25.7 Å². The Bertz CT molecular complexity index is 295. The van der Waals surface area contributed by atoms with Gasteiger partial charge in [-0.3, -0.25) is 15.0 Å². The summed E-state index contributed by atoms with van der Waals surface area (Å²) in [6, 6.07) is 0.650. The Kier molecular flexibility index (Phi) is 9.83. The Morgan fingerprint density at radius 3 is 2.29 bits per heavy atom. The lowest BCUT2D eigenvalue weighted by Gasteiger charge is -2.34. The maximum atomic E-state index is 12.3. The van der Waals surface area contributed by atoms with Crippen LogP contribution in [0.25, 0.3) is 0 Å². The summed E-state index contributed by atoms with van der Waals surface area (Å²) in [6.45, 7) is 15.0. The van der Waals surface area contributed by atoms with Gasteiger partial charge in [-0.05, 0) is 48.0 Å². The van der Waals surface area contributed by atoms with Gasteiger partial charge in [0.05, 0.1) is 13.2 Å². The van der Waals surface area contributed by atoms with E-state index in [1.807, 2.05) is 27.7 Å². The number of hydrogen-bond donors (Lipinski definition) is 1. The van der Waals surface area contributed by atoms with Gasteiger partial charge in [0.15, 0.2) is 0 Å². The van der Waals surface area contributed by atoms with Gasteiger partial charge in [-0.2, -0.15) is 0 Å². The highest BCUT2D eigenvalue weighted by atomic mass is 16.5. The number of hydrogen-bond acceptors (Lipinski definition) is 5. The first-order valence-electron chi connectivity index (χ1n) is 7.94. The van der Waals surface area contributed by atoms with Crippen LogP contribution in [0.1, 0.15) is 48.0 Å². The minimum absolute atomic E-state index is 0.172. The van der Waals surface area contributed by atoms with Gasteiger partial charge in [0.2, 0.25) is 0 Å². The van der Waals surface area contributed by atoms with Crippen LogP contribution in [0.4, 0.5) is 0 Å². The summed E-state index contributed by atoms with van der Waals surface area (Å²) >= 11 is 0. The molecule has 0 aromatic heterocycles. The number of rotatable bonds is 11. The molecule has 0 aliphatic carbocycles. The summed E-state index contributed by atoms with van der Waals surface area (Å²) in [5.41, 5.74) is -0.648. The van der Waals surface area contributed by atoms with Crippen molar-refractivity contribution in [3.8, 4) is 0 Å². The fourth-order valence-electron chi connectivity index (χ4n) is 2.36. The molecule has 0 aromatic rings. The van der Waals surface area contributed by atoms with Gasteiger partial charge in [0, 0.05) is 32.3 Å². The van der Waals surface area contributed by atoms with Crippen LogP contribution >= 0.6 is 0 Å². The molecule has 0 saturated carbocycles. The van der Waals surface area contributed by atoms with Crippen molar-refractivity contribution in [2.75, 3.05) is 33.4 Å². The Labute approximate surface area is 130 Å². The van der Waals surface area contributed by atoms with Crippen molar-refractivity contribution in [3.63, 3.8) is 0 Å². The number of nitrogens with zero attached hydrogens (tertiary/aromatic N) is 1. The van der Waals surface area contributed by atoms with Crippen molar-refractivity contribution < 1.29 is 14.3 Å². The lowest BCUT2D eigenvalue weighted by atomic mass is 9.96. The standard InChI is InChI=1S/C16H34N2O3/c1-8-21-15(19)16(6,17-13(2)3)9-10-18(14(4)5)11-12-20-7/h13-14,17H,8-12H2,1-7H3. The molecule has 0 aromatic carbocycles. The smallest absolute Gasteiger partial charge is 0.326 e. The minimum Gasteiger partial charge on any atom is -0.465 e. The zero-order chi connectivity index (χ0) is 16.5. The second kappa shape index (κ2) is 10.1. The molecule has 0 aliphatic heterocycles. The summed E-state index contributed by atoms with van der Waals surface area (Å²) in [5, 5.41) is 3.36. The highest BCUT2D eigenvalue weighted by Crippen LogP contribution is 2.15. The van der Waals surface area contributed by atoms with Crippen LogP contribution < -0.4 is 5.32 Å². The third-order valence-corrected chi connectivity index (χ3v) is 3.55. The quantitative estimate of drug-likeness (QED) is 0.592. The molecule has 0 radical (unpaired) electrons. The molecular formula is C16H34N2O3. The van der Waals surface area contributed by atoms with E-state index >= 15 is 0 Å². The molecule has 21 heavy (non-hydrogen) atoms. The van der Waals surface area contributed by atoms with Crippen molar-refractivity contribution in [1.82, 2.24) is 10.2 Å². The number of esters is 1. The number of nitrogens with one attached hydrogen (secondary N) is 1. The van der Waals surface area contributed by atoms with E-state index in [2.05, 4.69) is 24.1 Å². The average molecular weight is 302 g/mol. The van der Waals surface area contributed by atoms with Crippen molar-refractivity contribution in [3.05, 3.63) is 0 Å². The normalized spacial score (nSPS) is 14.8. The van der Waals surface area contributed by atoms with Crippen molar-refractivity contribution in [2.24, 2.45) is 0 Å². The van der Waals surface area contributed by atoms with Crippen LogP contribution in [-0.2, 0) is 14.3 Å². The topological polar surface area (TPSA) is 50.8 Å². The van der Waals surface area contributed by atoms with Crippen LogP contribution in [0.2, 0.25) is 0 Å². The van der Waals surface area contributed by atoms with E-state index in [1.54, 1.807) is 7.11 Å². The van der Waals surface area contributed by atoms with Gasteiger partial charge in [-0.25, -0.2) is 0 Å². The highest BCUT2D eigenvalue weighted by molar-refractivity contribution is 5.80. The van der Waals surface area contributed by atoms with Gasteiger partial charge in [0.25, 0.3) is 0 Å².